The van der Waals surface area contributed by atoms with Crippen molar-refractivity contribution in [3.8, 4) is 0 Å². The molecule has 0 aromatic carbocycles. The van der Waals surface area contributed by atoms with Crippen LogP contribution in [-0.2, 0) is 9.59 Å². The molecule has 1 saturated heterocycles. The lowest BCUT2D eigenvalue weighted by Crippen LogP contribution is -2.44. The molecule has 26 heavy (non-hydrogen) atoms. The van der Waals surface area contributed by atoms with Crippen molar-refractivity contribution in [1.82, 2.24) is 14.9 Å². The topological polar surface area (TPSA) is 87.2 Å². The average molecular weight is 418 g/mol. The van der Waals surface area contributed by atoms with E-state index in [4.69, 9.17) is 0 Å². The number of pyridine rings is 2. The number of likely N-dealkylation sites (tertiary alicyclic amines) is 1. The Kier molecular flexibility index (Phi) is 6.30. The minimum atomic E-state index is -0.152. The smallest absolute Gasteiger partial charge is 0.238 e. The molecule has 3 heterocycles. The summed E-state index contributed by atoms with van der Waals surface area (Å²) in [6, 6.07) is 7.15. The first-order chi connectivity index (χ1) is 12.6. The summed E-state index contributed by atoms with van der Waals surface area (Å²) in [5, 5.41) is 5.67. The number of nitrogens with zero attached hydrogens (tertiary/aromatic N) is 3. The lowest BCUT2D eigenvalue weighted by molar-refractivity contribution is -0.123. The zero-order chi connectivity index (χ0) is 18.4. The number of hydrogen-bond donors (Lipinski definition) is 2. The van der Waals surface area contributed by atoms with E-state index in [9.17, 15) is 9.59 Å². The van der Waals surface area contributed by atoms with Crippen molar-refractivity contribution in [2.45, 2.75) is 12.8 Å². The van der Waals surface area contributed by atoms with Gasteiger partial charge in [-0.1, -0.05) is 0 Å². The number of hydrogen-bond acceptors (Lipinski definition) is 5. The summed E-state index contributed by atoms with van der Waals surface area (Å²) in [5.41, 5.74) is 0.671. The highest BCUT2D eigenvalue weighted by atomic mass is 79.9. The number of rotatable bonds is 5. The second kappa shape index (κ2) is 8.86. The maximum atomic E-state index is 12.5. The van der Waals surface area contributed by atoms with E-state index in [1.807, 2.05) is 11.0 Å². The summed E-state index contributed by atoms with van der Waals surface area (Å²) >= 11 is 3.32. The third-order valence-corrected chi connectivity index (χ3v) is 4.64. The fourth-order valence-corrected chi connectivity index (χ4v) is 3.17. The predicted octanol–water partition coefficient (Wildman–Crippen LogP) is 2.53. The van der Waals surface area contributed by atoms with Gasteiger partial charge in [0.2, 0.25) is 11.8 Å². The zero-order valence-electron chi connectivity index (χ0n) is 14.2. The Morgan fingerprint density at radius 1 is 1.23 bits per heavy atom. The van der Waals surface area contributed by atoms with Gasteiger partial charge < -0.3 is 10.6 Å². The van der Waals surface area contributed by atoms with Crippen LogP contribution in [0.4, 0.5) is 11.5 Å². The van der Waals surface area contributed by atoms with E-state index in [1.165, 1.54) is 0 Å². The van der Waals surface area contributed by atoms with E-state index in [2.05, 4.69) is 36.5 Å². The van der Waals surface area contributed by atoms with Gasteiger partial charge in [0.25, 0.3) is 0 Å². The van der Waals surface area contributed by atoms with Crippen molar-refractivity contribution in [2.75, 3.05) is 30.3 Å². The molecule has 7 nitrogen and oxygen atoms in total. The van der Waals surface area contributed by atoms with Crippen molar-refractivity contribution in [3.05, 3.63) is 47.3 Å². The molecule has 136 valence electrons. The number of piperidine rings is 1. The van der Waals surface area contributed by atoms with E-state index in [0.717, 1.165) is 23.9 Å². The molecule has 2 aromatic heterocycles. The molecule has 2 amide bonds. The van der Waals surface area contributed by atoms with Gasteiger partial charge in [0.05, 0.1) is 24.3 Å². The highest BCUT2D eigenvalue weighted by Crippen LogP contribution is 2.19. The first-order valence-corrected chi connectivity index (χ1v) is 9.24. The largest absolute Gasteiger partial charge is 0.324 e. The number of anilines is 2. The summed E-state index contributed by atoms with van der Waals surface area (Å²) < 4.78 is 0.860. The Morgan fingerprint density at radius 3 is 2.85 bits per heavy atom. The summed E-state index contributed by atoms with van der Waals surface area (Å²) in [4.78, 5) is 34.8. The van der Waals surface area contributed by atoms with Gasteiger partial charge in [0.1, 0.15) is 5.82 Å². The highest BCUT2D eigenvalue weighted by molar-refractivity contribution is 9.10. The Labute approximate surface area is 160 Å². The summed E-state index contributed by atoms with van der Waals surface area (Å²) in [6.07, 6.45) is 6.60. The van der Waals surface area contributed by atoms with Gasteiger partial charge >= 0.3 is 0 Å². The fourth-order valence-electron chi connectivity index (χ4n) is 2.93. The summed E-state index contributed by atoms with van der Waals surface area (Å²) in [6.45, 7) is 1.62. The molecule has 0 radical (unpaired) electrons. The second-order valence-corrected chi connectivity index (χ2v) is 7.13. The third-order valence-electron chi connectivity index (χ3n) is 4.17. The van der Waals surface area contributed by atoms with E-state index in [0.29, 0.717) is 18.1 Å². The lowest BCUT2D eigenvalue weighted by atomic mass is 9.97. The molecule has 1 fully saturated rings. The van der Waals surface area contributed by atoms with Gasteiger partial charge in [-0.25, -0.2) is 4.98 Å². The molecule has 2 aromatic rings. The number of halogens is 1. The molecule has 1 aliphatic heterocycles. The van der Waals surface area contributed by atoms with E-state index < -0.39 is 0 Å². The van der Waals surface area contributed by atoms with E-state index in [-0.39, 0.29) is 24.3 Å². The summed E-state index contributed by atoms with van der Waals surface area (Å²) in [7, 11) is 0. The maximum absolute atomic E-state index is 12.5. The molecule has 0 saturated carbocycles. The first-order valence-electron chi connectivity index (χ1n) is 8.45. The van der Waals surface area contributed by atoms with Crippen LogP contribution in [-0.4, -0.2) is 46.3 Å². The molecular weight excluding hydrogens is 398 g/mol. The van der Waals surface area contributed by atoms with Crippen molar-refractivity contribution in [3.63, 3.8) is 0 Å². The van der Waals surface area contributed by atoms with Crippen LogP contribution in [0, 0.1) is 5.92 Å². The Morgan fingerprint density at radius 2 is 2.12 bits per heavy atom. The van der Waals surface area contributed by atoms with E-state index >= 15 is 0 Å². The highest BCUT2D eigenvalue weighted by Gasteiger charge is 2.27. The zero-order valence-corrected chi connectivity index (χ0v) is 15.8. The van der Waals surface area contributed by atoms with Crippen LogP contribution in [0.2, 0.25) is 0 Å². The molecule has 2 N–H and O–H groups in total. The lowest BCUT2D eigenvalue weighted by Gasteiger charge is -2.31. The number of carbonyl (C=O) groups excluding carboxylic acids is 2. The minimum absolute atomic E-state index is 0.0582. The van der Waals surface area contributed by atoms with Crippen LogP contribution < -0.4 is 10.6 Å². The van der Waals surface area contributed by atoms with Gasteiger partial charge in [-0.2, -0.15) is 0 Å². The van der Waals surface area contributed by atoms with Gasteiger partial charge in [-0.15, -0.1) is 0 Å². The van der Waals surface area contributed by atoms with Gasteiger partial charge in [-0.05, 0) is 59.6 Å². The normalized spacial score (nSPS) is 17.5. The molecule has 0 spiro atoms. The van der Waals surface area contributed by atoms with Crippen LogP contribution in [0.3, 0.4) is 0 Å². The van der Waals surface area contributed by atoms with Crippen molar-refractivity contribution in [2.24, 2.45) is 5.92 Å². The number of carbonyl (C=O) groups is 2. The molecule has 0 unspecified atom stereocenters. The molecule has 1 aliphatic rings. The Balaban J connectivity index is 1.51. The van der Waals surface area contributed by atoms with Crippen molar-refractivity contribution in [1.29, 1.82) is 0 Å². The molecular formula is C18H20BrN5O2. The van der Waals surface area contributed by atoms with Crippen LogP contribution in [0.1, 0.15) is 12.8 Å². The van der Waals surface area contributed by atoms with Gasteiger partial charge in [0.15, 0.2) is 0 Å². The van der Waals surface area contributed by atoms with Crippen LogP contribution in [0.15, 0.2) is 47.3 Å². The van der Waals surface area contributed by atoms with Crippen LogP contribution in [0.25, 0.3) is 0 Å². The molecule has 0 aliphatic carbocycles. The Bertz CT molecular complexity index is 754. The van der Waals surface area contributed by atoms with Gasteiger partial charge in [-0.3, -0.25) is 19.5 Å². The van der Waals surface area contributed by atoms with Crippen LogP contribution >= 0.6 is 15.9 Å². The van der Waals surface area contributed by atoms with Gasteiger partial charge in [0, 0.05) is 23.4 Å². The molecule has 1 atom stereocenters. The minimum Gasteiger partial charge on any atom is -0.324 e. The maximum Gasteiger partial charge on any atom is 0.238 e. The van der Waals surface area contributed by atoms with E-state index in [1.54, 1.807) is 36.8 Å². The fraction of sp³-hybridized carbons (Fsp3) is 0.333. The predicted molar refractivity (Wildman–Crippen MR) is 103 cm³/mol. The van der Waals surface area contributed by atoms with Crippen LogP contribution in [0.5, 0.6) is 0 Å². The number of amides is 2. The first kappa shape index (κ1) is 18.5. The Hall–Kier alpha value is -2.32. The monoisotopic (exact) mass is 417 g/mol. The standard InChI is InChI=1S/C18H20BrN5O2/c19-14-5-6-16(21-9-14)23-18(26)13-3-2-8-24(11-13)12-17(25)22-15-4-1-7-20-10-15/h1,4-7,9-10,13H,2-3,8,11-12H2,(H,22,25)(H,21,23,26)/t13-/m0/s1. The number of nitrogens with one attached hydrogen (secondary N) is 2. The third kappa shape index (κ3) is 5.34. The number of aromatic nitrogens is 2. The molecule has 3 rings (SSSR count). The SMILES string of the molecule is O=C(CN1CCC[C@H](C(=O)Nc2ccc(Br)cn2)C1)Nc1cccnc1. The summed E-state index contributed by atoms with van der Waals surface area (Å²) in [5.74, 6) is 0.218. The quantitative estimate of drug-likeness (QED) is 0.780. The average Bonchev–Trinajstić information content (AvgIpc) is 2.64. The molecule has 8 heteroatoms. The molecule has 0 bridgehead atoms. The van der Waals surface area contributed by atoms with Crippen molar-refractivity contribution >= 4 is 39.2 Å². The van der Waals surface area contributed by atoms with Crippen molar-refractivity contribution < 1.29 is 9.59 Å². The second-order valence-electron chi connectivity index (χ2n) is 6.22.